The molecule has 1 rings (SSSR count). The van der Waals surface area contributed by atoms with Crippen molar-refractivity contribution in [2.75, 3.05) is 6.61 Å². The predicted molar refractivity (Wildman–Crippen MR) is 78.2 cm³/mol. The smallest absolute Gasteiger partial charge is 0.451 e. The summed E-state index contributed by atoms with van der Waals surface area (Å²) in [7, 11) is 0. The maximum absolute atomic E-state index is 12.8. The summed E-state index contributed by atoms with van der Waals surface area (Å²) in [5.41, 5.74) is 5.59. The molecule has 0 radical (unpaired) electrons. The molecule has 0 aliphatic heterocycles. The number of ether oxygens (including phenoxy) is 1. The number of Topliss-reactive ketones (excluding diaryl/α,β-unsaturated/α-hetero) is 1. The molecule has 0 amide bonds. The van der Waals surface area contributed by atoms with Crippen LogP contribution in [0.4, 0.5) is 13.2 Å². The second kappa shape index (κ2) is 7.54. The molecule has 5 nitrogen and oxygen atoms in total. The first-order valence-corrected chi connectivity index (χ1v) is 7.39. The summed E-state index contributed by atoms with van der Waals surface area (Å²) in [4.78, 5) is 23.5. The molecule has 0 unspecified atom stereocenters. The molecular formula is C12H13F3N2O3S2. The van der Waals surface area contributed by atoms with E-state index in [1.165, 1.54) is 29.7 Å². The summed E-state index contributed by atoms with van der Waals surface area (Å²) in [5.74, 6) is -5.63. The summed E-state index contributed by atoms with van der Waals surface area (Å²) in [6, 6.07) is 0.119. The number of ketones is 1. The Morgan fingerprint density at radius 3 is 2.55 bits per heavy atom. The van der Waals surface area contributed by atoms with Crippen LogP contribution in [0.25, 0.3) is 0 Å². The van der Waals surface area contributed by atoms with Gasteiger partial charge in [0, 0.05) is 0 Å². The molecule has 1 aromatic rings. The van der Waals surface area contributed by atoms with Crippen molar-refractivity contribution in [1.29, 1.82) is 0 Å². The van der Waals surface area contributed by atoms with Crippen LogP contribution in [-0.4, -0.2) is 29.6 Å². The summed E-state index contributed by atoms with van der Waals surface area (Å²) < 4.78 is 43.0. The summed E-state index contributed by atoms with van der Waals surface area (Å²) in [6.07, 6.45) is -5.19. The van der Waals surface area contributed by atoms with Gasteiger partial charge >= 0.3 is 12.1 Å². The fraction of sp³-hybridized carbons (Fsp3) is 0.417. The van der Waals surface area contributed by atoms with Gasteiger partial charge in [-0.2, -0.15) is 24.5 Å². The van der Waals surface area contributed by atoms with Gasteiger partial charge in [0.15, 0.2) is 5.11 Å². The Bertz CT molecular complexity index is 546. The topological polar surface area (TPSA) is 81.4 Å². The fourth-order valence-electron chi connectivity index (χ4n) is 1.77. The molecule has 0 saturated heterocycles. The molecule has 1 heterocycles. The predicted octanol–water partition coefficient (Wildman–Crippen LogP) is 1.93. The van der Waals surface area contributed by atoms with E-state index >= 15 is 0 Å². The third-order valence-electron chi connectivity index (χ3n) is 2.64. The Hall–Kier alpha value is -1.68. The highest BCUT2D eigenvalue weighted by Crippen LogP contribution is 2.32. The van der Waals surface area contributed by atoms with Crippen LogP contribution >= 0.6 is 23.6 Å². The zero-order chi connectivity index (χ0) is 16.9. The van der Waals surface area contributed by atoms with Gasteiger partial charge in [0.1, 0.15) is 5.92 Å². The van der Waals surface area contributed by atoms with Gasteiger partial charge < -0.3 is 15.8 Å². The molecule has 22 heavy (non-hydrogen) atoms. The quantitative estimate of drug-likeness (QED) is 0.462. The number of hydrogen-bond acceptors (Lipinski definition) is 5. The molecule has 0 bridgehead atoms. The van der Waals surface area contributed by atoms with Gasteiger partial charge in [-0.05, 0) is 41.5 Å². The molecule has 0 aromatic carbocycles. The number of hydrogen-bond donors (Lipinski definition) is 2. The van der Waals surface area contributed by atoms with Crippen molar-refractivity contribution in [1.82, 2.24) is 5.32 Å². The van der Waals surface area contributed by atoms with Gasteiger partial charge in [-0.25, -0.2) is 0 Å². The number of nitrogens with one attached hydrogen (secondary N) is 1. The normalized spacial score (nSPS) is 14.0. The molecule has 0 aliphatic carbocycles. The molecule has 0 fully saturated rings. The van der Waals surface area contributed by atoms with E-state index in [0.717, 1.165) is 0 Å². The van der Waals surface area contributed by atoms with Gasteiger partial charge in [-0.15, -0.1) is 0 Å². The standard InChI is InChI=1S/C12H13F3N2O3S2/c1-2-20-10(19)7(9(18)12(13,14)15)8(17-11(16)21)6-3-4-22-5-6/h3-5,7-8H,2H2,1H3,(H3,16,17,21)/t7-,8-/m0/s1. The van der Waals surface area contributed by atoms with Crippen LogP contribution in [0.1, 0.15) is 18.5 Å². The van der Waals surface area contributed by atoms with Gasteiger partial charge in [0.25, 0.3) is 5.78 Å². The number of carbonyl (C=O) groups excluding carboxylic acids is 2. The number of thiocarbonyl (C=S) groups is 1. The number of halogens is 3. The minimum absolute atomic E-state index is 0.163. The molecule has 2 atom stereocenters. The Morgan fingerprint density at radius 2 is 2.14 bits per heavy atom. The largest absolute Gasteiger partial charge is 0.465 e. The number of carbonyl (C=O) groups is 2. The molecule has 0 spiro atoms. The molecule has 0 saturated carbocycles. The number of nitrogens with two attached hydrogens (primary N) is 1. The Kier molecular flexibility index (Phi) is 6.30. The SMILES string of the molecule is CCOC(=O)[C@H](C(=O)C(F)(F)F)[C@@H](NC(N)=S)c1ccsc1. The first kappa shape index (κ1) is 18.4. The fourth-order valence-corrected chi connectivity index (χ4v) is 2.59. The lowest BCUT2D eigenvalue weighted by Gasteiger charge is -2.26. The lowest BCUT2D eigenvalue weighted by atomic mass is 9.90. The van der Waals surface area contributed by atoms with Crippen molar-refractivity contribution < 1.29 is 27.5 Å². The van der Waals surface area contributed by atoms with Crippen molar-refractivity contribution in [2.45, 2.75) is 19.1 Å². The summed E-state index contributed by atoms with van der Waals surface area (Å²) in [6.45, 7) is 1.26. The minimum atomic E-state index is -5.19. The second-order valence-electron chi connectivity index (χ2n) is 4.13. The van der Waals surface area contributed by atoms with Gasteiger partial charge in [-0.3, -0.25) is 9.59 Å². The highest BCUT2D eigenvalue weighted by atomic mass is 32.1. The highest BCUT2D eigenvalue weighted by molar-refractivity contribution is 7.80. The maximum atomic E-state index is 12.8. The number of esters is 1. The van der Waals surface area contributed by atoms with Crippen molar-refractivity contribution >= 4 is 40.4 Å². The number of thiophene rings is 1. The Balaban J connectivity index is 3.27. The van der Waals surface area contributed by atoms with Crippen LogP contribution in [0.2, 0.25) is 0 Å². The molecule has 122 valence electrons. The van der Waals surface area contributed by atoms with E-state index in [1.807, 2.05) is 0 Å². The highest BCUT2D eigenvalue weighted by Gasteiger charge is 2.50. The second-order valence-corrected chi connectivity index (χ2v) is 5.35. The van der Waals surface area contributed by atoms with Crippen molar-refractivity contribution in [3.8, 4) is 0 Å². The third-order valence-corrected chi connectivity index (χ3v) is 3.46. The van der Waals surface area contributed by atoms with E-state index < -0.39 is 29.9 Å². The molecule has 1 aromatic heterocycles. The third kappa shape index (κ3) is 4.67. The molecule has 10 heteroatoms. The number of alkyl halides is 3. The summed E-state index contributed by atoms with van der Waals surface area (Å²) in [5, 5.41) is 5.12. The van der Waals surface area contributed by atoms with Crippen LogP contribution in [0, 0.1) is 5.92 Å². The average Bonchev–Trinajstić information content (AvgIpc) is 2.90. The molecule has 3 N–H and O–H groups in total. The molecular weight excluding hydrogens is 341 g/mol. The van der Waals surface area contributed by atoms with Crippen LogP contribution < -0.4 is 11.1 Å². The minimum Gasteiger partial charge on any atom is -0.465 e. The van der Waals surface area contributed by atoms with E-state index in [9.17, 15) is 22.8 Å². The zero-order valence-corrected chi connectivity index (χ0v) is 13.0. The van der Waals surface area contributed by atoms with E-state index in [-0.39, 0.29) is 17.3 Å². The lowest BCUT2D eigenvalue weighted by Crippen LogP contribution is -2.46. The average molecular weight is 354 g/mol. The van der Waals surface area contributed by atoms with E-state index in [1.54, 1.807) is 5.38 Å². The van der Waals surface area contributed by atoms with Crippen LogP contribution in [0.15, 0.2) is 16.8 Å². The van der Waals surface area contributed by atoms with Gasteiger partial charge in [0.2, 0.25) is 0 Å². The summed E-state index contributed by atoms with van der Waals surface area (Å²) >= 11 is 5.81. The van der Waals surface area contributed by atoms with Crippen molar-refractivity contribution in [2.24, 2.45) is 11.7 Å². The number of rotatable bonds is 6. The van der Waals surface area contributed by atoms with Crippen molar-refractivity contribution in [3.63, 3.8) is 0 Å². The zero-order valence-electron chi connectivity index (χ0n) is 11.3. The van der Waals surface area contributed by atoms with Gasteiger partial charge in [-0.1, -0.05) is 0 Å². The van der Waals surface area contributed by atoms with Gasteiger partial charge in [0.05, 0.1) is 12.6 Å². The Labute approximate surface area is 133 Å². The lowest BCUT2D eigenvalue weighted by molar-refractivity contribution is -0.182. The van der Waals surface area contributed by atoms with Crippen molar-refractivity contribution in [3.05, 3.63) is 22.4 Å². The van der Waals surface area contributed by atoms with E-state index in [4.69, 9.17) is 5.73 Å². The molecule has 0 aliphatic rings. The first-order valence-electron chi connectivity index (χ1n) is 6.04. The van der Waals surface area contributed by atoms with Crippen LogP contribution in [-0.2, 0) is 14.3 Å². The first-order chi connectivity index (χ1) is 10.2. The van der Waals surface area contributed by atoms with Crippen LogP contribution in [0.5, 0.6) is 0 Å². The van der Waals surface area contributed by atoms with E-state index in [2.05, 4.69) is 22.3 Å². The Morgan fingerprint density at radius 1 is 1.50 bits per heavy atom. The monoisotopic (exact) mass is 354 g/mol. The van der Waals surface area contributed by atoms with Crippen LogP contribution in [0.3, 0.4) is 0 Å². The maximum Gasteiger partial charge on any atom is 0.451 e. The van der Waals surface area contributed by atoms with E-state index in [0.29, 0.717) is 0 Å².